The molecule has 2 atom stereocenters. The third kappa shape index (κ3) is 2.42. The average Bonchev–Trinajstić information content (AvgIpc) is 2.58. The van der Waals surface area contributed by atoms with Gasteiger partial charge in [-0.2, -0.15) is 4.98 Å². The Balaban J connectivity index is 2.39. The number of rotatable bonds is 2. The van der Waals surface area contributed by atoms with E-state index in [1.54, 1.807) is 0 Å². The quantitative estimate of drug-likeness (QED) is 0.617. The Morgan fingerprint density at radius 1 is 1.59 bits per heavy atom. The van der Waals surface area contributed by atoms with E-state index in [0.29, 0.717) is 0 Å². The lowest BCUT2D eigenvalue weighted by molar-refractivity contribution is 0.174. The molecule has 8 heteroatoms. The van der Waals surface area contributed by atoms with Crippen LogP contribution in [0.4, 0.5) is 15.0 Å². The second-order valence-corrected chi connectivity index (χ2v) is 4.24. The van der Waals surface area contributed by atoms with Crippen molar-refractivity contribution in [1.82, 2.24) is 9.97 Å². The van der Waals surface area contributed by atoms with Crippen LogP contribution >= 0.6 is 23.2 Å². The highest BCUT2D eigenvalue weighted by Gasteiger charge is 2.39. The van der Waals surface area contributed by atoms with E-state index >= 15 is 0 Å². The first kappa shape index (κ1) is 12.3. The molecule has 1 aromatic rings. The average molecular weight is 280 g/mol. The van der Waals surface area contributed by atoms with E-state index in [2.05, 4.69) is 9.97 Å². The third-order valence-electron chi connectivity index (χ3n) is 2.34. The summed E-state index contributed by atoms with van der Waals surface area (Å²) in [5.74, 6) is 0.131. The number of anilines is 1. The summed E-state index contributed by atoms with van der Waals surface area (Å²) in [6, 6.07) is 0.597. The summed E-state index contributed by atoms with van der Waals surface area (Å²) in [7, 11) is 0. The third-order valence-corrected chi connectivity index (χ3v) is 2.70. The number of amides is 1. The lowest BCUT2D eigenvalue weighted by atomic mass is 10.2. The van der Waals surface area contributed by atoms with Gasteiger partial charge in [-0.15, -0.1) is 0 Å². The maximum Gasteiger partial charge on any atom is 0.416 e. The van der Waals surface area contributed by atoms with E-state index in [4.69, 9.17) is 27.9 Å². The van der Waals surface area contributed by atoms with Gasteiger partial charge in [-0.05, 0) is 18.5 Å². The fourth-order valence-corrected chi connectivity index (χ4v) is 1.94. The number of halogens is 3. The van der Waals surface area contributed by atoms with Gasteiger partial charge in [0.2, 0.25) is 5.28 Å². The van der Waals surface area contributed by atoms with Crippen LogP contribution in [0.25, 0.3) is 0 Å². The molecule has 0 aliphatic carbocycles. The molecule has 5 nitrogen and oxygen atoms in total. The zero-order valence-corrected chi connectivity index (χ0v) is 10.2. The van der Waals surface area contributed by atoms with Crippen molar-refractivity contribution in [3.63, 3.8) is 0 Å². The van der Waals surface area contributed by atoms with Crippen LogP contribution in [-0.2, 0) is 4.74 Å². The molecule has 1 aliphatic rings. The van der Waals surface area contributed by atoms with E-state index in [9.17, 15) is 9.18 Å². The Morgan fingerprint density at radius 2 is 2.29 bits per heavy atom. The molecule has 0 saturated carbocycles. The first-order valence-corrected chi connectivity index (χ1v) is 5.55. The number of alkyl halides is 1. The first-order valence-electron chi connectivity index (χ1n) is 4.79. The van der Waals surface area contributed by atoms with E-state index in [1.165, 1.54) is 13.0 Å². The molecule has 1 amide bonds. The largest absolute Gasteiger partial charge is 0.447 e. The predicted octanol–water partition coefficient (Wildman–Crippen LogP) is 2.47. The number of hydrogen-bond acceptors (Lipinski definition) is 4. The van der Waals surface area contributed by atoms with Crippen LogP contribution in [0, 0.1) is 0 Å². The Kier molecular flexibility index (Phi) is 3.35. The van der Waals surface area contributed by atoms with E-state index in [-0.39, 0.29) is 22.9 Å². The molecule has 1 unspecified atom stereocenters. The van der Waals surface area contributed by atoms with Gasteiger partial charge in [0.1, 0.15) is 29.8 Å². The van der Waals surface area contributed by atoms with Crippen molar-refractivity contribution >= 4 is 35.1 Å². The molecule has 1 aromatic heterocycles. The Labute approximate surface area is 106 Å². The second-order valence-electron chi connectivity index (χ2n) is 3.51. The fraction of sp³-hybridized carbons (Fsp3) is 0.444. The lowest BCUT2D eigenvalue weighted by Crippen LogP contribution is -2.39. The van der Waals surface area contributed by atoms with Gasteiger partial charge < -0.3 is 4.74 Å². The Morgan fingerprint density at radius 3 is 2.88 bits per heavy atom. The summed E-state index contributed by atoms with van der Waals surface area (Å²) in [4.78, 5) is 20.1. The molecule has 0 N–H and O–H groups in total. The summed E-state index contributed by atoms with van der Waals surface area (Å²) in [6.45, 7) is 1.31. The number of carbonyl (C=O) groups excluding carboxylic acids is 1. The highest BCUT2D eigenvalue weighted by Crippen LogP contribution is 2.26. The summed E-state index contributed by atoms with van der Waals surface area (Å²) in [5.41, 5.74) is 0. The number of nitrogens with zero attached hydrogens (tertiary/aromatic N) is 3. The molecule has 0 aromatic carbocycles. The Hall–Kier alpha value is -1.14. The summed E-state index contributed by atoms with van der Waals surface area (Å²) in [6.07, 6.45) is -1.93. The minimum atomic E-state index is -1.26. The van der Waals surface area contributed by atoms with Gasteiger partial charge in [0, 0.05) is 6.07 Å². The molecular weight excluding hydrogens is 272 g/mol. The minimum Gasteiger partial charge on any atom is -0.447 e. The van der Waals surface area contributed by atoms with Crippen LogP contribution in [0.3, 0.4) is 0 Å². The molecular formula is C9H8Cl2FN3O2. The molecule has 1 aliphatic heterocycles. The summed E-state index contributed by atoms with van der Waals surface area (Å²) >= 11 is 11.3. The molecule has 2 heterocycles. The maximum absolute atomic E-state index is 13.3. The van der Waals surface area contributed by atoms with Gasteiger partial charge in [0.05, 0.1) is 0 Å². The number of hydrogen-bond donors (Lipinski definition) is 0. The van der Waals surface area contributed by atoms with Gasteiger partial charge in [-0.25, -0.2) is 14.2 Å². The van der Waals surface area contributed by atoms with Crippen LogP contribution in [0.1, 0.15) is 6.92 Å². The molecule has 2 rings (SSSR count). The number of carbonyl (C=O) groups is 1. The Bertz CT molecular complexity index is 438. The van der Waals surface area contributed by atoms with Crippen molar-refractivity contribution < 1.29 is 13.9 Å². The van der Waals surface area contributed by atoms with Gasteiger partial charge in [0.25, 0.3) is 0 Å². The highest BCUT2D eigenvalue weighted by molar-refractivity contribution is 6.32. The van der Waals surface area contributed by atoms with Crippen molar-refractivity contribution in [2.24, 2.45) is 0 Å². The first-order chi connectivity index (χ1) is 7.99. The van der Waals surface area contributed by atoms with Crippen molar-refractivity contribution in [3.05, 3.63) is 16.5 Å². The number of ether oxygens (including phenoxy) is 1. The van der Waals surface area contributed by atoms with Gasteiger partial charge in [0.15, 0.2) is 0 Å². The minimum absolute atomic E-state index is 0.0320. The van der Waals surface area contributed by atoms with Crippen LogP contribution < -0.4 is 4.90 Å². The smallest absolute Gasteiger partial charge is 0.416 e. The summed E-state index contributed by atoms with van der Waals surface area (Å²) < 4.78 is 18.1. The van der Waals surface area contributed by atoms with E-state index in [1.807, 2.05) is 0 Å². The SMILES string of the molecule is C[C@H](F)C1COC(=O)N1c1cc(Cl)nc(Cl)n1. The highest BCUT2D eigenvalue weighted by atomic mass is 35.5. The molecule has 0 bridgehead atoms. The molecule has 0 spiro atoms. The topological polar surface area (TPSA) is 55.3 Å². The van der Waals surface area contributed by atoms with Crippen molar-refractivity contribution in [1.29, 1.82) is 0 Å². The van der Waals surface area contributed by atoms with Crippen LogP contribution in [0.15, 0.2) is 6.07 Å². The standard InChI is InChI=1S/C9H8Cl2FN3O2/c1-4(12)5-3-17-9(16)15(5)7-2-6(10)13-8(11)14-7/h2,4-5H,3H2,1H3/t4-,5?/m0/s1. The van der Waals surface area contributed by atoms with Crippen LogP contribution in [0.2, 0.25) is 10.4 Å². The van der Waals surface area contributed by atoms with Crippen LogP contribution in [0.5, 0.6) is 0 Å². The van der Waals surface area contributed by atoms with Gasteiger partial charge in [-0.3, -0.25) is 4.90 Å². The number of cyclic esters (lactones) is 1. The molecule has 92 valence electrons. The van der Waals surface area contributed by atoms with Crippen LogP contribution in [-0.4, -0.2) is 34.9 Å². The summed E-state index contributed by atoms with van der Waals surface area (Å²) in [5, 5.41) is -0.0394. The van der Waals surface area contributed by atoms with Crippen molar-refractivity contribution in [3.8, 4) is 0 Å². The molecule has 0 radical (unpaired) electrons. The second kappa shape index (κ2) is 4.62. The van der Waals surface area contributed by atoms with Gasteiger partial charge >= 0.3 is 6.09 Å². The van der Waals surface area contributed by atoms with Gasteiger partial charge in [-0.1, -0.05) is 11.6 Å². The molecule has 1 fully saturated rings. The van der Waals surface area contributed by atoms with Crippen molar-refractivity contribution in [2.45, 2.75) is 19.1 Å². The fourth-order valence-electron chi connectivity index (χ4n) is 1.54. The molecule has 1 saturated heterocycles. The van der Waals surface area contributed by atoms with E-state index < -0.39 is 18.3 Å². The zero-order chi connectivity index (χ0) is 12.6. The maximum atomic E-state index is 13.3. The lowest BCUT2D eigenvalue weighted by Gasteiger charge is -2.21. The zero-order valence-electron chi connectivity index (χ0n) is 8.73. The monoisotopic (exact) mass is 279 g/mol. The van der Waals surface area contributed by atoms with E-state index in [0.717, 1.165) is 4.90 Å². The molecule has 17 heavy (non-hydrogen) atoms. The predicted molar refractivity (Wildman–Crippen MR) is 60.2 cm³/mol. The van der Waals surface area contributed by atoms with Crippen molar-refractivity contribution in [2.75, 3.05) is 11.5 Å². The normalized spacial score (nSPS) is 21.5. The number of aromatic nitrogens is 2.